The Balaban J connectivity index is 1.73. The zero-order valence-electron chi connectivity index (χ0n) is 17.0. The molecule has 28 heavy (non-hydrogen) atoms. The van der Waals surface area contributed by atoms with E-state index in [0.717, 1.165) is 22.6 Å². The van der Waals surface area contributed by atoms with Crippen LogP contribution in [0, 0.1) is 20.8 Å². The van der Waals surface area contributed by atoms with Gasteiger partial charge < -0.3 is 14.6 Å². The van der Waals surface area contributed by atoms with E-state index in [1.807, 2.05) is 50.2 Å². The molecule has 0 aliphatic heterocycles. The van der Waals surface area contributed by atoms with Gasteiger partial charge in [0.15, 0.2) is 5.69 Å². The van der Waals surface area contributed by atoms with Crippen molar-refractivity contribution in [2.24, 2.45) is 0 Å². The number of aryl methyl sites for hydroxylation is 3. The molecule has 0 aliphatic rings. The number of hydrogen-bond donors (Lipinski definition) is 1. The van der Waals surface area contributed by atoms with Crippen molar-refractivity contribution in [2.75, 3.05) is 5.32 Å². The van der Waals surface area contributed by atoms with Crippen molar-refractivity contribution >= 4 is 11.6 Å². The van der Waals surface area contributed by atoms with Gasteiger partial charge in [0.05, 0.1) is 5.56 Å². The molecule has 1 amide bonds. The lowest BCUT2D eigenvalue weighted by molar-refractivity contribution is 0.101. The Hall–Kier alpha value is -3.08. The molecule has 0 bridgehead atoms. The van der Waals surface area contributed by atoms with Crippen molar-refractivity contribution < 1.29 is 14.1 Å². The Labute approximate surface area is 165 Å². The van der Waals surface area contributed by atoms with E-state index < -0.39 is 0 Å². The molecule has 5 nitrogen and oxygen atoms in total. The van der Waals surface area contributed by atoms with Gasteiger partial charge in [-0.2, -0.15) is 0 Å². The number of ether oxygens (including phenoxy) is 1. The van der Waals surface area contributed by atoms with E-state index in [1.54, 1.807) is 6.92 Å². The van der Waals surface area contributed by atoms with Crippen LogP contribution in [0.3, 0.4) is 0 Å². The minimum atomic E-state index is -0.312. The number of benzene rings is 2. The molecule has 0 fully saturated rings. The number of amides is 1. The molecule has 1 heterocycles. The molecule has 2 aromatic carbocycles. The number of carbonyl (C=O) groups excluding carboxylic acids is 1. The minimum absolute atomic E-state index is 0.216. The zero-order valence-corrected chi connectivity index (χ0v) is 17.0. The molecule has 5 heteroatoms. The molecule has 1 aromatic heterocycles. The summed E-state index contributed by atoms with van der Waals surface area (Å²) in [6, 6.07) is 13.8. The van der Waals surface area contributed by atoms with E-state index in [4.69, 9.17) is 9.26 Å². The van der Waals surface area contributed by atoms with Crippen LogP contribution in [-0.4, -0.2) is 11.1 Å². The number of hydrogen-bond acceptors (Lipinski definition) is 4. The van der Waals surface area contributed by atoms with Crippen molar-refractivity contribution in [3.63, 3.8) is 0 Å². The van der Waals surface area contributed by atoms with Gasteiger partial charge in [-0.25, -0.2) is 0 Å². The van der Waals surface area contributed by atoms with Gasteiger partial charge in [0.25, 0.3) is 5.91 Å². The van der Waals surface area contributed by atoms with E-state index in [9.17, 15) is 4.79 Å². The first kappa shape index (κ1) is 19.7. The first-order chi connectivity index (χ1) is 13.3. The third-order valence-electron chi connectivity index (χ3n) is 4.61. The molecule has 0 spiro atoms. The molecule has 0 atom stereocenters. The number of aromatic nitrogens is 1. The molecule has 0 radical (unpaired) electrons. The first-order valence-corrected chi connectivity index (χ1v) is 9.41. The predicted molar refractivity (Wildman–Crippen MR) is 110 cm³/mol. The van der Waals surface area contributed by atoms with Gasteiger partial charge >= 0.3 is 0 Å². The fraction of sp³-hybridized carbons (Fsp3) is 0.304. The molecule has 0 saturated carbocycles. The summed E-state index contributed by atoms with van der Waals surface area (Å²) in [4.78, 5) is 12.7. The van der Waals surface area contributed by atoms with Crippen molar-refractivity contribution in [3.8, 4) is 5.75 Å². The van der Waals surface area contributed by atoms with Crippen LogP contribution in [0.1, 0.15) is 58.3 Å². The topological polar surface area (TPSA) is 64.4 Å². The molecular weight excluding hydrogens is 352 g/mol. The van der Waals surface area contributed by atoms with Crippen LogP contribution in [0.25, 0.3) is 0 Å². The van der Waals surface area contributed by atoms with Gasteiger partial charge in [0.2, 0.25) is 0 Å². The Bertz CT molecular complexity index is 952. The third kappa shape index (κ3) is 4.60. The van der Waals surface area contributed by atoms with Crippen LogP contribution in [0.4, 0.5) is 5.69 Å². The Morgan fingerprint density at radius 3 is 2.32 bits per heavy atom. The maximum Gasteiger partial charge on any atom is 0.278 e. The Kier molecular flexibility index (Phi) is 5.83. The summed E-state index contributed by atoms with van der Waals surface area (Å²) in [7, 11) is 0. The van der Waals surface area contributed by atoms with Crippen LogP contribution in [0.15, 0.2) is 47.0 Å². The molecule has 0 unspecified atom stereocenters. The van der Waals surface area contributed by atoms with E-state index in [0.29, 0.717) is 17.2 Å². The summed E-state index contributed by atoms with van der Waals surface area (Å²) in [6.07, 6.45) is 0. The van der Waals surface area contributed by atoms with Gasteiger partial charge in [-0.1, -0.05) is 37.2 Å². The molecule has 3 aromatic rings. The molecule has 1 N–H and O–H groups in total. The van der Waals surface area contributed by atoms with Crippen molar-refractivity contribution in [1.82, 2.24) is 5.16 Å². The van der Waals surface area contributed by atoms with Crippen LogP contribution < -0.4 is 10.1 Å². The fourth-order valence-corrected chi connectivity index (χ4v) is 3.05. The van der Waals surface area contributed by atoms with Gasteiger partial charge in [-0.05, 0) is 67.6 Å². The smallest absolute Gasteiger partial charge is 0.278 e. The highest BCUT2D eigenvalue weighted by Gasteiger charge is 2.20. The van der Waals surface area contributed by atoms with Crippen molar-refractivity contribution in [3.05, 3.63) is 76.2 Å². The van der Waals surface area contributed by atoms with Crippen LogP contribution in [0.5, 0.6) is 5.75 Å². The van der Waals surface area contributed by atoms with Crippen molar-refractivity contribution in [2.45, 2.75) is 47.1 Å². The standard InChI is InChI=1S/C23H26N2O3/c1-14(2)18-6-8-19(9-7-18)24-23(26)22-21(17(5)28-25-22)13-27-20-11-15(3)10-16(4)12-20/h6-12,14H,13H2,1-5H3,(H,24,26). The lowest BCUT2D eigenvalue weighted by Crippen LogP contribution is -2.15. The predicted octanol–water partition coefficient (Wildman–Crippen LogP) is 5.55. The van der Waals surface area contributed by atoms with Gasteiger partial charge in [0, 0.05) is 5.69 Å². The third-order valence-corrected chi connectivity index (χ3v) is 4.61. The summed E-state index contributed by atoms with van der Waals surface area (Å²) in [5.74, 6) is 1.46. The number of nitrogens with zero attached hydrogens (tertiary/aromatic N) is 1. The minimum Gasteiger partial charge on any atom is -0.489 e. The molecule has 0 aliphatic carbocycles. The Morgan fingerprint density at radius 1 is 1.07 bits per heavy atom. The second-order valence-corrected chi connectivity index (χ2v) is 7.41. The SMILES string of the molecule is Cc1cc(C)cc(OCc2c(C(=O)Nc3ccc(C(C)C)cc3)noc2C)c1. The molecule has 0 saturated heterocycles. The van der Waals surface area contributed by atoms with Crippen molar-refractivity contribution in [1.29, 1.82) is 0 Å². The first-order valence-electron chi connectivity index (χ1n) is 9.41. The number of nitrogens with one attached hydrogen (secondary N) is 1. The lowest BCUT2D eigenvalue weighted by atomic mass is 10.0. The second kappa shape index (κ2) is 8.30. The highest BCUT2D eigenvalue weighted by molar-refractivity contribution is 6.03. The lowest BCUT2D eigenvalue weighted by Gasteiger charge is -2.10. The molecular formula is C23H26N2O3. The number of carbonyl (C=O) groups is 1. The van der Waals surface area contributed by atoms with Gasteiger partial charge in [-0.3, -0.25) is 4.79 Å². The van der Waals surface area contributed by atoms with E-state index in [-0.39, 0.29) is 18.2 Å². The monoisotopic (exact) mass is 378 g/mol. The highest BCUT2D eigenvalue weighted by atomic mass is 16.5. The fourth-order valence-electron chi connectivity index (χ4n) is 3.05. The Morgan fingerprint density at radius 2 is 1.71 bits per heavy atom. The molecule has 146 valence electrons. The van der Waals surface area contributed by atoms with Crippen LogP contribution >= 0.6 is 0 Å². The van der Waals surface area contributed by atoms with E-state index >= 15 is 0 Å². The average molecular weight is 378 g/mol. The van der Waals surface area contributed by atoms with E-state index in [2.05, 4.69) is 30.4 Å². The van der Waals surface area contributed by atoms with E-state index in [1.165, 1.54) is 5.56 Å². The zero-order chi connectivity index (χ0) is 20.3. The second-order valence-electron chi connectivity index (χ2n) is 7.41. The van der Waals surface area contributed by atoms with Crippen LogP contribution in [-0.2, 0) is 6.61 Å². The quantitative estimate of drug-likeness (QED) is 0.610. The maximum absolute atomic E-state index is 12.7. The summed E-state index contributed by atoms with van der Waals surface area (Å²) in [5, 5.41) is 6.82. The normalized spacial score (nSPS) is 10.9. The highest BCUT2D eigenvalue weighted by Crippen LogP contribution is 2.22. The molecule has 3 rings (SSSR count). The van der Waals surface area contributed by atoms with Gasteiger partial charge in [-0.15, -0.1) is 0 Å². The maximum atomic E-state index is 12.7. The largest absolute Gasteiger partial charge is 0.489 e. The summed E-state index contributed by atoms with van der Waals surface area (Å²) < 4.78 is 11.1. The summed E-state index contributed by atoms with van der Waals surface area (Å²) in [5.41, 5.74) is 5.08. The van der Waals surface area contributed by atoms with Gasteiger partial charge in [0.1, 0.15) is 18.1 Å². The number of anilines is 1. The summed E-state index contributed by atoms with van der Waals surface area (Å²) in [6.45, 7) is 10.3. The summed E-state index contributed by atoms with van der Waals surface area (Å²) >= 11 is 0. The number of rotatable bonds is 6. The average Bonchev–Trinajstić information content (AvgIpc) is 3.00. The van der Waals surface area contributed by atoms with Crippen LogP contribution in [0.2, 0.25) is 0 Å².